The number of carbonyl (C=O) groups is 1. The molecule has 0 aliphatic carbocycles. The van der Waals surface area contributed by atoms with E-state index in [4.69, 9.17) is 28.3 Å². The normalized spacial score (nSPS) is 11.3. The van der Waals surface area contributed by atoms with Gasteiger partial charge in [0.2, 0.25) is 20.3 Å². The van der Waals surface area contributed by atoms with E-state index in [1.165, 1.54) is 29.5 Å². The van der Waals surface area contributed by atoms with Crippen LogP contribution in [0.1, 0.15) is 15.9 Å². The van der Waals surface area contributed by atoms with Crippen LogP contribution in [0.25, 0.3) is 0 Å². The minimum Gasteiger partial charge on any atom is -0.360 e. The van der Waals surface area contributed by atoms with Crippen molar-refractivity contribution in [2.75, 3.05) is 17.2 Å². The number of hydrogen-bond donors (Lipinski definition) is 3. The van der Waals surface area contributed by atoms with E-state index in [0.29, 0.717) is 33.8 Å². The Kier molecular flexibility index (Phi) is 6.70. The third-order valence-electron chi connectivity index (χ3n) is 3.77. The molecule has 1 aromatic heterocycles. The molecule has 29 heavy (non-hydrogen) atoms. The number of nitrogens with two attached hydrogens (primary N) is 1. The van der Waals surface area contributed by atoms with Gasteiger partial charge >= 0.3 is 0 Å². The monoisotopic (exact) mass is 471 g/mol. The van der Waals surface area contributed by atoms with Crippen LogP contribution in [0.3, 0.4) is 0 Å². The molecule has 0 unspecified atom stereocenters. The molecule has 0 saturated heterocycles. The molecule has 1 amide bonds. The second kappa shape index (κ2) is 9.06. The number of primary sulfonamides is 1. The molecule has 3 rings (SSSR count). The van der Waals surface area contributed by atoms with Crippen LogP contribution in [0.5, 0.6) is 0 Å². The molecule has 8 nitrogen and oxygen atoms in total. The number of nitrogens with one attached hydrogen (secondary N) is 2. The minimum absolute atomic E-state index is 0.0701. The average Bonchev–Trinajstić information content (AvgIpc) is 3.11. The van der Waals surface area contributed by atoms with Crippen molar-refractivity contribution in [3.05, 3.63) is 63.6 Å². The van der Waals surface area contributed by atoms with Crippen LogP contribution in [0.2, 0.25) is 10.0 Å². The van der Waals surface area contributed by atoms with Crippen molar-refractivity contribution in [1.82, 2.24) is 10.2 Å². The molecule has 0 aliphatic heterocycles. The van der Waals surface area contributed by atoms with Crippen molar-refractivity contribution in [1.29, 1.82) is 0 Å². The number of nitrogens with zero attached hydrogens (tertiary/aromatic N) is 2. The predicted octanol–water partition coefficient (Wildman–Crippen LogP) is 3.40. The molecule has 4 N–H and O–H groups in total. The Morgan fingerprint density at radius 2 is 1.72 bits per heavy atom. The predicted molar refractivity (Wildman–Crippen MR) is 114 cm³/mol. The number of benzene rings is 2. The number of carbonyl (C=O) groups excluding carboxylic acids is 1. The highest BCUT2D eigenvalue weighted by Gasteiger charge is 2.12. The van der Waals surface area contributed by atoms with Gasteiger partial charge in [0.05, 0.1) is 14.9 Å². The van der Waals surface area contributed by atoms with Crippen molar-refractivity contribution in [3.63, 3.8) is 0 Å². The van der Waals surface area contributed by atoms with Gasteiger partial charge < -0.3 is 5.32 Å². The fourth-order valence-electron chi connectivity index (χ4n) is 2.31. The number of amides is 1. The van der Waals surface area contributed by atoms with Gasteiger partial charge in [-0.15, -0.1) is 10.2 Å². The smallest absolute Gasteiger partial charge is 0.257 e. The van der Waals surface area contributed by atoms with Crippen LogP contribution in [0.4, 0.5) is 10.3 Å². The molecule has 0 saturated carbocycles. The molecule has 0 radical (unpaired) electrons. The van der Waals surface area contributed by atoms with Crippen molar-refractivity contribution in [3.8, 4) is 0 Å². The average molecular weight is 472 g/mol. The Bertz CT molecular complexity index is 1130. The Balaban J connectivity index is 1.52. The Hall–Kier alpha value is -2.24. The van der Waals surface area contributed by atoms with E-state index in [0.717, 1.165) is 5.56 Å². The molecule has 152 valence electrons. The number of rotatable bonds is 7. The van der Waals surface area contributed by atoms with Crippen molar-refractivity contribution >= 4 is 60.7 Å². The van der Waals surface area contributed by atoms with Crippen LogP contribution < -0.4 is 15.8 Å². The summed E-state index contributed by atoms with van der Waals surface area (Å²) in [6.07, 6.45) is 0.634. The summed E-state index contributed by atoms with van der Waals surface area (Å²) in [7, 11) is -3.70. The van der Waals surface area contributed by atoms with Crippen molar-refractivity contribution in [2.45, 2.75) is 11.3 Å². The Morgan fingerprint density at radius 1 is 1.03 bits per heavy atom. The molecule has 0 bridgehead atoms. The third kappa shape index (κ3) is 5.87. The maximum Gasteiger partial charge on any atom is 0.257 e. The highest BCUT2D eigenvalue weighted by atomic mass is 35.5. The third-order valence-corrected chi connectivity index (χ3v) is 6.23. The molecule has 1 heterocycles. The molecule has 0 aliphatic rings. The summed E-state index contributed by atoms with van der Waals surface area (Å²) in [5.74, 6) is -0.374. The molecule has 0 spiro atoms. The van der Waals surface area contributed by atoms with Crippen LogP contribution >= 0.6 is 34.5 Å². The summed E-state index contributed by atoms with van der Waals surface area (Å²) in [4.78, 5) is 12.3. The molecule has 12 heteroatoms. The van der Waals surface area contributed by atoms with Crippen molar-refractivity contribution in [2.24, 2.45) is 5.14 Å². The summed E-state index contributed by atoms with van der Waals surface area (Å²) in [6.45, 7) is 0.546. The standard InChI is InChI=1S/C17H15Cl2N5O3S2/c18-13-6-3-11(9-14(13)19)15(25)22-17-24-23-16(28-17)21-8-7-10-1-4-12(5-2-10)29(20,26)27/h1-6,9H,7-8H2,(H,21,23)(H2,20,26,27)(H,22,24,25). The largest absolute Gasteiger partial charge is 0.360 e. The maximum absolute atomic E-state index is 12.2. The summed E-state index contributed by atoms with van der Waals surface area (Å²) >= 11 is 12.9. The first-order valence-electron chi connectivity index (χ1n) is 8.18. The SMILES string of the molecule is NS(=O)(=O)c1ccc(CCNc2nnc(NC(=O)c3ccc(Cl)c(Cl)c3)s2)cc1. The number of anilines is 2. The number of aromatic nitrogens is 2. The Labute approximate surface area is 181 Å². The lowest BCUT2D eigenvalue weighted by Gasteiger charge is -2.04. The van der Waals surface area contributed by atoms with Gasteiger partial charge in [-0.1, -0.05) is 46.7 Å². The van der Waals surface area contributed by atoms with E-state index in [9.17, 15) is 13.2 Å². The van der Waals surface area contributed by atoms with Gasteiger partial charge in [-0.05, 0) is 42.3 Å². The van der Waals surface area contributed by atoms with E-state index in [-0.39, 0.29) is 15.8 Å². The van der Waals surface area contributed by atoms with E-state index < -0.39 is 10.0 Å². The number of sulfonamides is 1. The second-order valence-corrected chi connectivity index (χ2v) is 9.21. The van der Waals surface area contributed by atoms with Crippen LogP contribution in [0, 0.1) is 0 Å². The van der Waals surface area contributed by atoms with Gasteiger partial charge in [-0.25, -0.2) is 13.6 Å². The maximum atomic E-state index is 12.2. The van der Waals surface area contributed by atoms with E-state index in [2.05, 4.69) is 20.8 Å². The van der Waals surface area contributed by atoms with Gasteiger partial charge in [-0.3, -0.25) is 10.1 Å². The van der Waals surface area contributed by atoms with Crippen LogP contribution in [-0.4, -0.2) is 31.1 Å². The summed E-state index contributed by atoms with van der Waals surface area (Å²) in [5.41, 5.74) is 1.29. The lowest BCUT2D eigenvalue weighted by Crippen LogP contribution is -2.12. The van der Waals surface area contributed by atoms with E-state index in [1.54, 1.807) is 24.3 Å². The van der Waals surface area contributed by atoms with E-state index in [1.807, 2.05) is 0 Å². The van der Waals surface area contributed by atoms with Crippen molar-refractivity contribution < 1.29 is 13.2 Å². The molecule has 2 aromatic carbocycles. The van der Waals surface area contributed by atoms with Gasteiger partial charge in [0.15, 0.2) is 0 Å². The van der Waals surface area contributed by atoms with Gasteiger partial charge in [-0.2, -0.15) is 0 Å². The number of halogens is 2. The first kappa shape index (κ1) is 21.5. The fourth-order valence-corrected chi connectivity index (χ4v) is 3.79. The van der Waals surface area contributed by atoms with Gasteiger partial charge in [0.1, 0.15) is 0 Å². The van der Waals surface area contributed by atoms with Crippen LogP contribution in [0.15, 0.2) is 47.4 Å². The Morgan fingerprint density at radius 3 is 2.38 bits per heavy atom. The highest BCUT2D eigenvalue weighted by Crippen LogP contribution is 2.24. The fraction of sp³-hybridized carbons (Fsp3) is 0.118. The first-order chi connectivity index (χ1) is 13.7. The molecular weight excluding hydrogens is 457 g/mol. The first-order valence-corrected chi connectivity index (χ1v) is 11.3. The van der Waals surface area contributed by atoms with Gasteiger partial charge in [0, 0.05) is 12.1 Å². The topological polar surface area (TPSA) is 127 Å². The summed E-state index contributed by atoms with van der Waals surface area (Å²) < 4.78 is 22.5. The molecular formula is C17H15Cl2N5O3S2. The molecule has 0 fully saturated rings. The summed E-state index contributed by atoms with van der Waals surface area (Å²) in [6, 6.07) is 10.9. The minimum atomic E-state index is -3.70. The number of hydrogen-bond acceptors (Lipinski definition) is 7. The second-order valence-electron chi connectivity index (χ2n) is 5.86. The van der Waals surface area contributed by atoms with Gasteiger partial charge in [0.25, 0.3) is 5.91 Å². The van der Waals surface area contributed by atoms with Crippen LogP contribution in [-0.2, 0) is 16.4 Å². The lowest BCUT2D eigenvalue weighted by atomic mass is 10.1. The molecule has 3 aromatic rings. The zero-order chi connectivity index (χ0) is 21.0. The molecule has 0 atom stereocenters. The zero-order valence-corrected chi connectivity index (χ0v) is 17.9. The van der Waals surface area contributed by atoms with E-state index >= 15 is 0 Å². The quantitative estimate of drug-likeness (QED) is 0.484. The highest BCUT2D eigenvalue weighted by molar-refractivity contribution is 7.89. The summed E-state index contributed by atoms with van der Waals surface area (Å²) in [5, 5.41) is 20.2. The zero-order valence-electron chi connectivity index (χ0n) is 14.7. The lowest BCUT2D eigenvalue weighted by molar-refractivity contribution is 0.102.